The Morgan fingerprint density at radius 2 is 2.08 bits per heavy atom. The number of rotatable bonds is 2. The van der Waals surface area contributed by atoms with Gasteiger partial charge in [0.25, 0.3) is 5.91 Å². The number of anilines is 1. The second kappa shape index (κ2) is 6.03. The Balaban J connectivity index is 1.65. The summed E-state index contributed by atoms with van der Waals surface area (Å²) in [5.41, 5.74) is 2.88. The van der Waals surface area contributed by atoms with Gasteiger partial charge in [0.05, 0.1) is 27.4 Å². The smallest absolute Gasteiger partial charge is 0.257 e. The van der Waals surface area contributed by atoms with Crippen LogP contribution in [-0.4, -0.2) is 25.4 Å². The van der Waals surface area contributed by atoms with Crippen LogP contribution in [0.2, 0.25) is 5.02 Å². The number of nitrogens with one attached hydrogen (secondary N) is 1. The van der Waals surface area contributed by atoms with Crippen LogP contribution in [0.25, 0.3) is 11.0 Å². The summed E-state index contributed by atoms with van der Waals surface area (Å²) in [4.78, 5) is 16.9. The van der Waals surface area contributed by atoms with Crippen molar-refractivity contribution >= 4 is 45.0 Å². The molecule has 5 nitrogen and oxygen atoms in total. The van der Waals surface area contributed by atoms with Crippen molar-refractivity contribution in [3.63, 3.8) is 0 Å². The molecule has 1 amide bonds. The van der Waals surface area contributed by atoms with Crippen molar-refractivity contribution in [3.8, 4) is 0 Å². The van der Waals surface area contributed by atoms with Gasteiger partial charge in [-0.1, -0.05) is 23.7 Å². The van der Waals surface area contributed by atoms with Crippen molar-refractivity contribution in [2.75, 3.05) is 11.1 Å². The minimum absolute atomic E-state index is 0.259. The van der Waals surface area contributed by atoms with Crippen molar-refractivity contribution < 1.29 is 9.00 Å². The first-order valence-electron chi connectivity index (χ1n) is 7.52. The zero-order valence-electron chi connectivity index (χ0n) is 12.7. The van der Waals surface area contributed by atoms with Gasteiger partial charge in [0.15, 0.2) is 0 Å². The predicted molar refractivity (Wildman–Crippen MR) is 95.9 cm³/mol. The van der Waals surface area contributed by atoms with Crippen molar-refractivity contribution in [1.82, 2.24) is 9.55 Å². The lowest BCUT2D eigenvalue weighted by molar-refractivity contribution is 0.102. The lowest BCUT2D eigenvalue weighted by Gasteiger charge is -2.13. The highest BCUT2D eigenvalue weighted by Crippen LogP contribution is 2.24. The summed E-state index contributed by atoms with van der Waals surface area (Å²) in [6.45, 7) is 0.712. The average Bonchev–Trinajstić information content (AvgIpc) is 2.91. The third-order valence-electron chi connectivity index (χ3n) is 4.04. The molecule has 0 aliphatic carbocycles. The van der Waals surface area contributed by atoms with E-state index in [9.17, 15) is 9.00 Å². The van der Waals surface area contributed by atoms with E-state index >= 15 is 0 Å². The number of halogens is 1. The van der Waals surface area contributed by atoms with Gasteiger partial charge in [0, 0.05) is 28.8 Å². The van der Waals surface area contributed by atoms with Crippen molar-refractivity contribution in [2.24, 2.45) is 0 Å². The summed E-state index contributed by atoms with van der Waals surface area (Å²) in [5, 5.41) is 3.26. The Morgan fingerprint density at radius 3 is 2.92 bits per heavy atom. The third-order valence-corrected chi connectivity index (χ3v) is 5.58. The van der Waals surface area contributed by atoms with E-state index in [1.54, 1.807) is 24.3 Å². The molecule has 4 rings (SSSR count). The van der Waals surface area contributed by atoms with E-state index in [0.29, 0.717) is 34.3 Å². The van der Waals surface area contributed by atoms with Gasteiger partial charge in [-0.25, -0.2) is 4.98 Å². The van der Waals surface area contributed by atoms with E-state index in [0.717, 1.165) is 16.9 Å². The quantitative estimate of drug-likeness (QED) is 0.764. The molecule has 7 heteroatoms. The average molecular weight is 360 g/mol. The first-order valence-corrected chi connectivity index (χ1v) is 9.38. The number of carbonyl (C=O) groups excluding carboxylic acids is 1. The summed E-state index contributed by atoms with van der Waals surface area (Å²) in [7, 11) is -0.838. The molecule has 1 atom stereocenters. The van der Waals surface area contributed by atoms with E-state index in [1.165, 1.54) is 0 Å². The fourth-order valence-electron chi connectivity index (χ4n) is 2.87. The molecule has 2 heterocycles. The second-order valence-corrected chi connectivity index (χ2v) is 7.59. The van der Waals surface area contributed by atoms with E-state index in [4.69, 9.17) is 11.6 Å². The van der Waals surface area contributed by atoms with E-state index in [-0.39, 0.29) is 5.91 Å². The number of benzene rings is 2. The van der Waals surface area contributed by atoms with E-state index < -0.39 is 10.8 Å². The Bertz CT molecular complexity index is 983. The zero-order chi connectivity index (χ0) is 16.7. The predicted octanol–water partition coefficient (Wildman–Crippen LogP) is 3.20. The van der Waals surface area contributed by atoms with Crippen molar-refractivity contribution in [1.29, 1.82) is 0 Å². The maximum absolute atomic E-state index is 12.3. The van der Waals surface area contributed by atoms with Crippen LogP contribution < -0.4 is 5.32 Å². The lowest BCUT2D eigenvalue weighted by Crippen LogP contribution is -2.19. The highest BCUT2D eigenvalue weighted by atomic mass is 35.5. The number of hydrogen-bond acceptors (Lipinski definition) is 3. The minimum Gasteiger partial charge on any atom is -0.326 e. The topological polar surface area (TPSA) is 64.0 Å². The molecule has 0 saturated carbocycles. The minimum atomic E-state index is -0.838. The maximum atomic E-state index is 12.3. The fraction of sp³-hybridized carbons (Fsp3) is 0.176. The van der Waals surface area contributed by atoms with Crippen LogP contribution in [0.15, 0.2) is 42.5 Å². The highest BCUT2D eigenvalue weighted by molar-refractivity contribution is 7.84. The van der Waals surface area contributed by atoms with Gasteiger partial charge in [-0.15, -0.1) is 0 Å². The maximum Gasteiger partial charge on any atom is 0.257 e. The monoisotopic (exact) mass is 359 g/mol. The van der Waals surface area contributed by atoms with Gasteiger partial charge in [-0.2, -0.15) is 0 Å². The molecule has 24 heavy (non-hydrogen) atoms. The first kappa shape index (κ1) is 15.4. The summed E-state index contributed by atoms with van der Waals surface area (Å²) in [5.74, 6) is 1.72. The third kappa shape index (κ3) is 2.72. The molecule has 122 valence electrons. The summed E-state index contributed by atoms with van der Waals surface area (Å²) >= 11 is 6.06. The molecule has 0 bridgehead atoms. The number of imidazole rings is 1. The Kier molecular flexibility index (Phi) is 3.86. The van der Waals surface area contributed by atoms with Crippen LogP contribution in [0.1, 0.15) is 16.2 Å². The summed E-state index contributed by atoms with van der Waals surface area (Å²) in [6.07, 6.45) is 0. The first-order chi connectivity index (χ1) is 11.6. The van der Waals surface area contributed by atoms with E-state index in [1.807, 2.05) is 18.2 Å². The molecule has 0 spiro atoms. The van der Waals surface area contributed by atoms with Gasteiger partial charge in [-0.05, 0) is 30.3 Å². The van der Waals surface area contributed by atoms with Crippen LogP contribution in [0.5, 0.6) is 0 Å². The highest BCUT2D eigenvalue weighted by Gasteiger charge is 2.19. The van der Waals surface area contributed by atoms with Crippen LogP contribution >= 0.6 is 11.6 Å². The number of hydrogen-bond donors (Lipinski definition) is 1. The SMILES string of the molecule is O=C(Nc1ccc2c(c1)nc1n2CCS(=O)C1)c1ccccc1Cl. The number of nitrogens with zero attached hydrogens (tertiary/aromatic N) is 2. The number of aryl methyl sites for hydroxylation is 1. The molecular weight excluding hydrogens is 346 g/mol. The molecule has 0 saturated heterocycles. The molecule has 1 aliphatic rings. The summed E-state index contributed by atoms with van der Waals surface area (Å²) < 4.78 is 13.8. The van der Waals surface area contributed by atoms with Gasteiger partial charge >= 0.3 is 0 Å². The Hall–Kier alpha value is -2.18. The van der Waals surface area contributed by atoms with Crippen LogP contribution in [0.4, 0.5) is 5.69 Å². The molecule has 3 aromatic rings. The number of aromatic nitrogens is 2. The number of amides is 1. The largest absolute Gasteiger partial charge is 0.326 e. The number of carbonyl (C=O) groups is 1. The molecule has 1 N–H and O–H groups in total. The van der Waals surface area contributed by atoms with Crippen LogP contribution in [-0.2, 0) is 23.1 Å². The second-order valence-electron chi connectivity index (χ2n) is 5.61. The van der Waals surface area contributed by atoms with Gasteiger partial charge in [0.2, 0.25) is 0 Å². The van der Waals surface area contributed by atoms with Crippen LogP contribution in [0, 0.1) is 0 Å². The summed E-state index contributed by atoms with van der Waals surface area (Å²) in [6, 6.07) is 12.5. The van der Waals surface area contributed by atoms with Gasteiger partial charge in [-0.3, -0.25) is 9.00 Å². The fourth-order valence-corrected chi connectivity index (χ4v) is 4.13. The van der Waals surface area contributed by atoms with Crippen molar-refractivity contribution in [2.45, 2.75) is 12.3 Å². The van der Waals surface area contributed by atoms with Gasteiger partial charge < -0.3 is 9.88 Å². The molecule has 2 aromatic carbocycles. The van der Waals surface area contributed by atoms with Crippen LogP contribution in [0.3, 0.4) is 0 Å². The number of fused-ring (bicyclic) bond motifs is 3. The van der Waals surface area contributed by atoms with E-state index in [2.05, 4.69) is 14.9 Å². The standard InChI is InChI=1S/C17H14ClN3O2S/c18-13-4-2-1-3-12(13)17(22)19-11-5-6-15-14(9-11)20-16-10-24(23)8-7-21(15)16/h1-6,9H,7-8,10H2,(H,19,22). The lowest BCUT2D eigenvalue weighted by atomic mass is 10.2. The molecular formula is C17H14ClN3O2S. The molecule has 1 aliphatic heterocycles. The molecule has 0 radical (unpaired) electrons. The molecule has 1 aromatic heterocycles. The Morgan fingerprint density at radius 1 is 1.25 bits per heavy atom. The zero-order valence-corrected chi connectivity index (χ0v) is 14.2. The van der Waals surface area contributed by atoms with Crippen molar-refractivity contribution in [3.05, 3.63) is 58.9 Å². The Labute approximate surface area is 146 Å². The molecule has 0 fully saturated rings. The normalized spacial score (nSPS) is 16.8. The van der Waals surface area contributed by atoms with Gasteiger partial charge in [0.1, 0.15) is 5.82 Å². The molecule has 1 unspecified atom stereocenters.